The van der Waals surface area contributed by atoms with E-state index >= 15 is 0 Å². The van der Waals surface area contributed by atoms with Crippen LogP contribution in [0, 0.1) is 3.57 Å². The molecule has 2 rings (SSSR count). The van der Waals surface area contributed by atoms with E-state index in [0.717, 1.165) is 22.5 Å². The number of aliphatic carboxylic acids is 1. The first-order valence-electron chi connectivity index (χ1n) is 9.59. The van der Waals surface area contributed by atoms with Gasteiger partial charge in [0, 0.05) is 28.5 Å². The molecule has 0 aromatic heterocycles. The topological polar surface area (TPSA) is 74.7 Å². The predicted molar refractivity (Wildman–Crippen MR) is 113 cm³/mol. The molecular formula is C21H24F2INO4. The number of hydrogen-bond donors (Lipinski definition) is 1. The third-order valence-corrected chi connectivity index (χ3v) is 5.62. The third kappa shape index (κ3) is 6.87. The van der Waals surface area contributed by atoms with Gasteiger partial charge < -0.3 is 10.0 Å². The molecule has 1 aromatic carbocycles. The molecule has 158 valence electrons. The molecule has 1 aromatic rings. The van der Waals surface area contributed by atoms with Crippen LogP contribution in [0.15, 0.2) is 36.4 Å². The summed E-state index contributed by atoms with van der Waals surface area (Å²) in [6.07, 6.45) is 6.10. The molecule has 0 saturated carbocycles. The smallest absolute Gasteiger partial charge is 0.334 e. The van der Waals surface area contributed by atoms with E-state index in [4.69, 9.17) is 5.11 Å². The molecule has 0 unspecified atom stereocenters. The van der Waals surface area contributed by atoms with E-state index in [-0.39, 0.29) is 23.9 Å². The molecule has 0 radical (unpaired) electrons. The summed E-state index contributed by atoms with van der Waals surface area (Å²) in [7, 11) is 0. The van der Waals surface area contributed by atoms with E-state index < -0.39 is 17.7 Å². The zero-order chi connectivity index (χ0) is 21.4. The fraction of sp³-hybridized carbons (Fsp3) is 0.476. The molecule has 1 amide bonds. The Bertz CT molecular complexity index is 764. The minimum Gasteiger partial charge on any atom is -0.481 e. The number of ketones is 1. The molecule has 0 spiro atoms. The predicted octanol–water partition coefficient (Wildman–Crippen LogP) is 4.53. The second-order valence-corrected chi connectivity index (χ2v) is 8.30. The molecule has 1 aliphatic rings. The van der Waals surface area contributed by atoms with Crippen molar-refractivity contribution in [3.8, 4) is 0 Å². The van der Waals surface area contributed by atoms with Crippen molar-refractivity contribution >= 4 is 40.3 Å². The van der Waals surface area contributed by atoms with Gasteiger partial charge in [-0.25, -0.2) is 0 Å². The zero-order valence-corrected chi connectivity index (χ0v) is 18.1. The number of benzene rings is 1. The van der Waals surface area contributed by atoms with Crippen LogP contribution >= 0.6 is 22.6 Å². The molecule has 8 heteroatoms. The SMILES string of the molecule is O=C(O)CCCCCCN1C(=O)CC[C@@H]1/C=C/C(=O)C(F)(F)c1ccc(I)cc1. The van der Waals surface area contributed by atoms with Crippen molar-refractivity contribution in [1.29, 1.82) is 0 Å². The fourth-order valence-electron chi connectivity index (χ4n) is 3.26. The number of rotatable bonds is 11. The highest BCUT2D eigenvalue weighted by atomic mass is 127. The van der Waals surface area contributed by atoms with E-state index in [2.05, 4.69) is 0 Å². The Morgan fingerprint density at radius 3 is 2.48 bits per heavy atom. The van der Waals surface area contributed by atoms with Crippen molar-refractivity contribution in [1.82, 2.24) is 4.90 Å². The van der Waals surface area contributed by atoms with Gasteiger partial charge in [-0.3, -0.25) is 14.4 Å². The summed E-state index contributed by atoms with van der Waals surface area (Å²) in [6, 6.07) is 5.16. The minimum absolute atomic E-state index is 0.0537. The Kier molecular flexibility index (Phi) is 8.73. The molecule has 1 N–H and O–H groups in total. The molecule has 0 aliphatic carbocycles. The second kappa shape index (κ2) is 10.8. The molecule has 1 saturated heterocycles. The van der Waals surface area contributed by atoms with Gasteiger partial charge in [0.25, 0.3) is 0 Å². The van der Waals surface area contributed by atoms with Crippen LogP contribution in [-0.2, 0) is 20.3 Å². The van der Waals surface area contributed by atoms with Crippen LogP contribution in [0.3, 0.4) is 0 Å². The van der Waals surface area contributed by atoms with Crippen LogP contribution in [0.2, 0.25) is 0 Å². The van der Waals surface area contributed by atoms with E-state index in [0.29, 0.717) is 32.2 Å². The summed E-state index contributed by atoms with van der Waals surface area (Å²) >= 11 is 2.00. The number of carbonyl (C=O) groups is 3. The van der Waals surface area contributed by atoms with E-state index in [1.54, 1.807) is 4.90 Å². The largest absolute Gasteiger partial charge is 0.481 e. The number of unbranched alkanes of at least 4 members (excludes halogenated alkanes) is 3. The van der Waals surface area contributed by atoms with E-state index in [9.17, 15) is 23.2 Å². The Balaban J connectivity index is 1.90. The van der Waals surface area contributed by atoms with Crippen molar-refractivity contribution < 1.29 is 28.3 Å². The number of nitrogens with zero attached hydrogens (tertiary/aromatic N) is 1. The van der Waals surface area contributed by atoms with Gasteiger partial charge >= 0.3 is 11.9 Å². The Morgan fingerprint density at radius 2 is 1.83 bits per heavy atom. The van der Waals surface area contributed by atoms with Gasteiger partial charge in [0.15, 0.2) is 0 Å². The first-order chi connectivity index (χ1) is 13.7. The normalized spacial score (nSPS) is 17.3. The molecule has 1 atom stereocenters. The number of carboxylic acids is 1. The van der Waals surface area contributed by atoms with Gasteiger partial charge in [-0.2, -0.15) is 8.78 Å². The van der Waals surface area contributed by atoms with Crippen LogP contribution in [0.4, 0.5) is 8.78 Å². The molecule has 1 aliphatic heterocycles. The molecule has 29 heavy (non-hydrogen) atoms. The van der Waals surface area contributed by atoms with E-state index in [1.165, 1.54) is 30.3 Å². The molecule has 5 nitrogen and oxygen atoms in total. The molecule has 1 fully saturated rings. The van der Waals surface area contributed by atoms with Crippen molar-refractivity contribution in [3.05, 3.63) is 45.6 Å². The maximum absolute atomic E-state index is 14.4. The summed E-state index contributed by atoms with van der Waals surface area (Å²) in [6.45, 7) is 0.475. The van der Waals surface area contributed by atoms with Crippen molar-refractivity contribution in [3.63, 3.8) is 0 Å². The Morgan fingerprint density at radius 1 is 1.17 bits per heavy atom. The quantitative estimate of drug-likeness (QED) is 0.265. The van der Waals surface area contributed by atoms with Crippen LogP contribution in [-0.4, -0.2) is 40.3 Å². The minimum atomic E-state index is -3.61. The Hall–Kier alpha value is -1.84. The van der Waals surface area contributed by atoms with Gasteiger partial charge in [-0.15, -0.1) is 0 Å². The lowest BCUT2D eigenvalue weighted by molar-refractivity contribution is -0.139. The monoisotopic (exact) mass is 519 g/mol. The highest BCUT2D eigenvalue weighted by Gasteiger charge is 2.39. The summed E-state index contributed by atoms with van der Waals surface area (Å²) in [5.41, 5.74) is -0.353. The van der Waals surface area contributed by atoms with Crippen molar-refractivity contribution in [2.45, 2.75) is 56.9 Å². The van der Waals surface area contributed by atoms with Gasteiger partial charge in [0.2, 0.25) is 11.7 Å². The van der Waals surface area contributed by atoms with Gasteiger partial charge in [0.1, 0.15) is 0 Å². The number of carbonyl (C=O) groups excluding carboxylic acids is 2. The van der Waals surface area contributed by atoms with Gasteiger partial charge in [0.05, 0.1) is 6.04 Å². The summed E-state index contributed by atoms with van der Waals surface area (Å²) in [4.78, 5) is 36.3. The average molecular weight is 519 g/mol. The van der Waals surface area contributed by atoms with E-state index in [1.807, 2.05) is 22.6 Å². The lowest BCUT2D eigenvalue weighted by Gasteiger charge is -2.22. The van der Waals surface area contributed by atoms with Crippen LogP contribution in [0.5, 0.6) is 0 Å². The first-order valence-corrected chi connectivity index (χ1v) is 10.7. The lowest BCUT2D eigenvalue weighted by Crippen LogP contribution is -2.33. The van der Waals surface area contributed by atoms with Gasteiger partial charge in [-0.1, -0.05) is 31.1 Å². The molecular weight excluding hydrogens is 495 g/mol. The number of alkyl halides is 2. The average Bonchev–Trinajstić information content (AvgIpc) is 3.02. The fourth-order valence-corrected chi connectivity index (χ4v) is 3.62. The highest BCUT2D eigenvalue weighted by Crippen LogP contribution is 2.30. The standard InChI is InChI=1S/C21H24F2INO4/c22-21(23,15-6-8-16(24)9-7-15)18(26)12-10-17-11-13-19(27)25(17)14-4-2-1-3-5-20(28)29/h6-10,12,17H,1-5,11,13-14H2,(H,28,29)/b12-10+/t17-/m0/s1. The van der Waals surface area contributed by atoms with Crippen molar-refractivity contribution in [2.24, 2.45) is 0 Å². The number of likely N-dealkylation sites (tertiary alicyclic amines) is 1. The number of allylic oxidation sites excluding steroid dienone is 1. The van der Waals surface area contributed by atoms with Crippen LogP contribution < -0.4 is 0 Å². The first kappa shape index (κ1) is 23.4. The van der Waals surface area contributed by atoms with Crippen LogP contribution in [0.25, 0.3) is 0 Å². The number of amides is 1. The highest BCUT2D eigenvalue weighted by molar-refractivity contribution is 14.1. The third-order valence-electron chi connectivity index (χ3n) is 4.90. The summed E-state index contributed by atoms with van der Waals surface area (Å²) in [5.74, 6) is -5.79. The second-order valence-electron chi connectivity index (χ2n) is 7.06. The molecule has 0 bridgehead atoms. The maximum Gasteiger partial charge on any atom is 0.334 e. The van der Waals surface area contributed by atoms with Crippen molar-refractivity contribution in [2.75, 3.05) is 6.54 Å². The summed E-state index contributed by atoms with van der Waals surface area (Å²) in [5, 5.41) is 8.62. The lowest BCUT2D eigenvalue weighted by atomic mass is 10.0. The maximum atomic E-state index is 14.4. The van der Waals surface area contributed by atoms with Crippen LogP contribution in [0.1, 0.15) is 50.5 Å². The number of carboxylic acid groups (broad SMARTS) is 1. The number of hydrogen-bond acceptors (Lipinski definition) is 3. The zero-order valence-electron chi connectivity index (χ0n) is 16.0. The Labute approximate surface area is 182 Å². The summed E-state index contributed by atoms with van der Waals surface area (Å²) < 4.78 is 29.6. The molecule has 1 heterocycles. The van der Waals surface area contributed by atoms with Gasteiger partial charge in [-0.05, 0) is 60.1 Å². The number of halogens is 3.